The highest BCUT2D eigenvalue weighted by atomic mass is 16.5. The molecule has 0 N–H and O–H groups in total. The van der Waals surface area contributed by atoms with Gasteiger partial charge in [-0.2, -0.15) is 0 Å². The first-order valence-corrected chi connectivity index (χ1v) is 8.72. The Balaban J connectivity index is 1.50. The van der Waals surface area contributed by atoms with Gasteiger partial charge in [-0.25, -0.2) is 0 Å². The lowest BCUT2D eigenvalue weighted by atomic mass is 10.0. The Bertz CT molecular complexity index is 651. The molecule has 2 aromatic rings. The van der Waals surface area contributed by atoms with Crippen molar-refractivity contribution in [2.45, 2.75) is 32.3 Å². The number of benzene rings is 2. The van der Waals surface area contributed by atoms with Gasteiger partial charge in [0.2, 0.25) is 5.91 Å². The number of morpholine rings is 1. The van der Waals surface area contributed by atoms with Crippen molar-refractivity contribution in [3.8, 4) is 0 Å². The van der Waals surface area contributed by atoms with Crippen LogP contribution in [0.15, 0.2) is 54.6 Å². The van der Waals surface area contributed by atoms with Gasteiger partial charge >= 0.3 is 0 Å². The van der Waals surface area contributed by atoms with Crippen molar-refractivity contribution in [3.05, 3.63) is 71.3 Å². The summed E-state index contributed by atoms with van der Waals surface area (Å²) in [6.07, 6.45) is 2.46. The Hall–Kier alpha value is -2.13. The van der Waals surface area contributed by atoms with Gasteiger partial charge in [-0.05, 0) is 30.9 Å². The van der Waals surface area contributed by atoms with Gasteiger partial charge in [-0.1, -0.05) is 60.2 Å². The average molecular weight is 323 g/mol. The SMILES string of the molecule is Cc1ccc(C2CN(C(=O)CCCc3ccccc3)CCO2)cc1. The molecule has 1 saturated heterocycles. The topological polar surface area (TPSA) is 29.5 Å². The second-order valence-electron chi connectivity index (χ2n) is 6.45. The fraction of sp³-hybridized carbons (Fsp3) is 0.381. The lowest BCUT2D eigenvalue weighted by Gasteiger charge is -2.33. The van der Waals surface area contributed by atoms with Crippen molar-refractivity contribution in [1.29, 1.82) is 0 Å². The van der Waals surface area contributed by atoms with E-state index in [4.69, 9.17) is 4.74 Å². The molecule has 0 spiro atoms. The number of aryl methyl sites for hydroxylation is 2. The highest BCUT2D eigenvalue weighted by Crippen LogP contribution is 2.23. The van der Waals surface area contributed by atoms with E-state index < -0.39 is 0 Å². The number of ether oxygens (including phenoxy) is 1. The fourth-order valence-electron chi connectivity index (χ4n) is 3.11. The predicted octanol–water partition coefficient (Wildman–Crippen LogP) is 3.92. The minimum atomic E-state index is -0.00239. The van der Waals surface area contributed by atoms with E-state index in [9.17, 15) is 4.79 Å². The normalized spacial score (nSPS) is 17.7. The maximum Gasteiger partial charge on any atom is 0.222 e. The van der Waals surface area contributed by atoms with E-state index in [2.05, 4.69) is 43.3 Å². The molecule has 1 heterocycles. The van der Waals surface area contributed by atoms with Crippen LogP contribution in [0.25, 0.3) is 0 Å². The maximum atomic E-state index is 12.5. The Morgan fingerprint density at radius 1 is 1.12 bits per heavy atom. The van der Waals surface area contributed by atoms with Crippen LogP contribution < -0.4 is 0 Å². The number of hydrogen-bond donors (Lipinski definition) is 0. The third-order valence-electron chi connectivity index (χ3n) is 4.57. The first kappa shape index (κ1) is 16.7. The molecule has 126 valence electrons. The summed E-state index contributed by atoms with van der Waals surface area (Å²) < 4.78 is 5.86. The van der Waals surface area contributed by atoms with Gasteiger partial charge in [0.15, 0.2) is 0 Å². The molecule has 24 heavy (non-hydrogen) atoms. The van der Waals surface area contributed by atoms with Gasteiger partial charge in [-0.3, -0.25) is 4.79 Å². The summed E-state index contributed by atoms with van der Waals surface area (Å²) in [7, 11) is 0. The van der Waals surface area contributed by atoms with Crippen LogP contribution in [0.3, 0.4) is 0 Å². The van der Waals surface area contributed by atoms with Gasteiger partial charge in [0.25, 0.3) is 0 Å². The van der Waals surface area contributed by atoms with Crippen LogP contribution in [0, 0.1) is 6.92 Å². The largest absolute Gasteiger partial charge is 0.370 e. The first-order valence-electron chi connectivity index (χ1n) is 8.72. The van der Waals surface area contributed by atoms with Crippen molar-refractivity contribution in [1.82, 2.24) is 4.90 Å². The lowest BCUT2D eigenvalue weighted by Crippen LogP contribution is -2.42. The van der Waals surface area contributed by atoms with Crippen LogP contribution in [-0.4, -0.2) is 30.5 Å². The Morgan fingerprint density at radius 2 is 1.88 bits per heavy atom. The van der Waals surface area contributed by atoms with Crippen LogP contribution in [0.2, 0.25) is 0 Å². The van der Waals surface area contributed by atoms with Crippen molar-refractivity contribution < 1.29 is 9.53 Å². The summed E-state index contributed by atoms with van der Waals surface area (Å²) in [6, 6.07) is 18.7. The Labute approximate surface area is 144 Å². The van der Waals surface area contributed by atoms with Crippen LogP contribution in [-0.2, 0) is 16.0 Å². The molecule has 1 amide bonds. The number of rotatable bonds is 5. The van der Waals surface area contributed by atoms with Crippen LogP contribution in [0.4, 0.5) is 0 Å². The van der Waals surface area contributed by atoms with E-state index >= 15 is 0 Å². The van der Waals surface area contributed by atoms with Gasteiger partial charge in [0.05, 0.1) is 13.2 Å². The summed E-state index contributed by atoms with van der Waals surface area (Å²) in [6.45, 7) is 4.05. The van der Waals surface area contributed by atoms with E-state index in [0.29, 0.717) is 26.1 Å². The summed E-state index contributed by atoms with van der Waals surface area (Å²) in [5, 5.41) is 0. The van der Waals surface area contributed by atoms with Crippen molar-refractivity contribution in [3.63, 3.8) is 0 Å². The summed E-state index contributed by atoms with van der Waals surface area (Å²) >= 11 is 0. The number of carbonyl (C=O) groups is 1. The Kier molecular flexibility index (Phi) is 5.65. The molecule has 0 bridgehead atoms. The highest BCUT2D eigenvalue weighted by Gasteiger charge is 2.24. The fourth-order valence-corrected chi connectivity index (χ4v) is 3.11. The molecule has 0 aromatic heterocycles. The van der Waals surface area contributed by atoms with Gasteiger partial charge < -0.3 is 9.64 Å². The molecule has 0 saturated carbocycles. The molecule has 2 aromatic carbocycles. The zero-order valence-corrected chi connectivity index (χ0v) is 14.3. The minimum absolute atomic E-state index is 0.00239. The molecular formula is C21H25NO2. The summed E-state index contributed by atoms with van der Waals surface area (Å²) in [4.78, 5) is 14.4. The molecule has 1 aliphatic heterocycles. The van der Waals surface area contributed by atoms with Crippen molar-refractivity contribution >= 4 is 5.91 Å². The molecule has 3 rings (SSSR count). The quantitative estimate of drug-likeness (QED) is 0.835. The monoisotopic (exact) mass is 323 g/mol. The van der Waals surface area contributed by atoms with Gasteiger partial charge in [0.1, 0.15) is 6.10 Å². The van der Waals surface area contributed by atoms with Crippen molar-refractivity contribution in [2.24, 2.45) is 0 Å². The molecule has 1 unspecified atom stereocenters. The summed E-state index contributed by atoms with van der Waals surface area (Å²) in [5.74, 6) is 0.242. The number of hydrogen-bond acceptors (Lipinski definition) is 2. The van der Waals surface area contributed by atoms with E-state index in [0.717, 1.165) is 18.4 Å². The lowest BCUT2D eigenvalue weighted by molar-refractivity contribution is -0.139. The standard InChI is InChI=1S/C21H25NO2/c1-17-10-12-19(13-11-17)20-16-22(14-15-24-20)21(23)9-5-8-18-6-3-2-4-7-18/h2-4,6-7,10-13,20H,5,8-9,14-16H2,1H3. The third kappa shape index (κ3) is 4.45. The molecule has 3 heteroatoms. The molecule has 3 nitrogen and oxygen atoms in total. The number of carbonyl (C=O) groups excluding carboxylic acids is 1. The average Bonchev–Trinajstić information content (AvgIpc) is 2.63. The maximum absolute atomic E-state index is 12.5. The highest BCUT2D eigenvalue weighted by molar-refractivity contribution is 5.76. The van der Waals surface area contributed by atoms with E-state index in [1.807, 2.05) is 23.1 Å². The second-order valence-corrected chi connectivity index (χ2v) is 6.45. The molecule has 1 fully saturated rings. The molecular weight excluding hydrogens is 298 g/mol. The van der Waals surface area contributed by atoms with Gasteiger partial charge in [-0.15, -0.1) is 0 Å². The molecule has 0 radical (unpaired) electrons. The van der Waals surface area contributed by atoms with Gasteiger partial charge in [0, 0.05) is 13.0 Å². The first-order chi connectivity index (χ1) is 11.7. The zero-order chi connectivity index (χ0) is 16.8. The summed E-state index contributed by atoms with van der Waals surface area (Å²) in [5.41, 5.74) is 3.69. The van der Waals surface area contributed by atoms with Crippen LogP contribution in [0.1, 0.15) is 35.6 Å². The molecule has 0 aliphatic carbocycles. The number of amides is 1. The molecule has 1 aliphatic rings. The third-order valence-corrected chi connectivity index (χ3v) is 4.57. The van der Waals surface area contributed by atoms with E-state index in [-0.39, 0.29) is 12.0 Å². The van der Waals surface area contributed by atoms with Crippen LogP contribution in [0.5, 0.6) is 0 Å². The van der Waals surface area contributed by atoms with Crippen LogP contribution >= 0.6 is 0 Å². The predicted molar refractivity (Wildman–Crippen MR) is 95.8 cm³/mol. The smallest absolute Gasteiger partial charge is 0.222 e. The van der Waals surface area contributed by atoms with E-state index in [1.165, 1.54) is 11.1 Å². The second kappa shape index (κ2) is 8.11. The zero-order valence-electron chi connectivity index (χ0n) is 14.3. The van der Waals surface area contributed by atoms with E-state index in [1.54, 1.807) is 0 Å². The minimum Gasteiger partial charge on any atom is -0.370 e. The number of nitrogens with zero attached hydrogens (tertiary/aromatic N) is 1. The molecule has 1 atom stereocenters. The Morgan fingerprint density at radius 3 is 2.62 bits per heavy atom. The van der Waals surface area contributed by atoms with Crippen molar-refractivity contribution in [2.75, 3.05) is 19.7 Å².